The highest BCUT2D eigenvalue weighted by molar-refractivity contribution is 6.01. The van der Waals surface area contributed by atoms with E-state index in [9.17, 15) is 27.6 Å². The molecule has 1 atom stereocenters. The normalized spacial score (nSPS) is 17.2. The Morgan fingerprint density at radius 3 is 2.58 bits per heavy atom. The van der Waals surface area contributed by atoms with Gasteiger partial charge in [-0.25, -0.2) is 13.2 Å². The van der Waals surface area contributed by atoms with Crippen molar-refractivity contribution in [2.45, 2.75) is 6.42 Å². The molecule has 1 fully saturated rings. The molecule has 8 nitrogen and oxygen atoms in total. The fourth-order valence-corrected chi connectivity index (χ4v) is 3.74. The first-order valence-electron chi connectivity index (χ1n) is 10.1. The molecule has 1 saturated heterocycles. The molecule has 0 saturated carbocycles. The lowest BCUT2D eigenvalue weighted by Crippen LogP contribution is -2.39. The molecule has 3 amide bonds. The van der Waals surface area contributed by atoms with Crippen LogP contribution in [0.25, 0.3) is 0 Å². The lowest BCUT2D eigenvalue weighted by atomic mass is 10.1. The van der Waals surface area contributed by atoms with Crippen LogP contribution in [-0.2, 0) is 14.4 Å². The Bertz CT molecular complexity index is 1130. The molecule has 11 heteroatoms. The van der Waals surface area contributed by atoms with E-state index in [1.165, 1.54) is 11.9 Å². The number of nitrogens with zero attached hydrogens (tertiary/aromatic N) is 2. The van der Waals surface area contributed by atoms with Crippen molar-refractivity contribution < 1.29 is 37.0 Å². The number of anilines is 2. The number of nitrogens with one attached hydrogen (secondary N) is 1. The van der Waals surface area contributed by atoms with Crippen molar-refractivity contribution in [1.82, 2.24) is 4.90 Å². The zero-order valence-electron chi connectivity index (χ0n) is 17.6. The molecular weight excluding hydrogens is 443 g/mol. The average Bonchev–Trinajstić information content (AvgIpc) is 3.20. The zero-order chi connectivity index (χ0) is 23.7. The molecule has 1 N–H and O–H groups in total. The SMILES string of the molecule is CN(CC(=O)Nc1ccc(F)c(F)c1F)C(=O)[C@@H]1CC(=O)N(c2ccc3c(c2)OCCO3)C1. The van der Waals surface area contributed by atoms with Gasteiger partial charge in [0, 0.05) is 31.8 Å². The van der Waals surface area contributed by atoms with Gasteiger partial charge in [0.25, 0.3) is 0 Å². The molecule has 2 aromatic carbocycles. The molecule has 33 heavy (non-hydrogen) atoms. The standard InChI is InChI=1S/C22H20F3N3O5/c1-27(11-18(29)26-15-4-3-14(23)20(24)21(15)25)22(31)12-8-19(30)28(10-12)13-2-5-16-17(9-13)33-7-6-32-16/h2-5,9,12H,6-8,10-11H2,1H3,(H,26,29)/t12-/m1/s1. The number of benzene rings is 2. The van der Waals surface area contributed by atoms with Crippen LogP contribution < -0.4 is 19.7 Å². The molecule has 4 rings (SSSR count). The van der Waals surface area contributed by atoms with Crippen molar-refractivity contribution in [2.24, 2.45) is 5.92 Å². The van der Waals surface area contributed by atoms with Crippen molar-refractivity contribution in [3.8, 4) is 11.5 Å². The Kier molecular flexibility index (Phi) is 6.12. The molecule has 174 valence electrons. The molecular formula is C22H20F3N3O5. The summed E-state index contributed by atoms with van der Waals surface area (Å²) >= 11 is 0. The second-order valence-electron chi connectivity index (χ2n) is 7.70. The van der Waals surface area contributed by atoms with Gasteiger partial charge in [0.05, 0.1) is 18.2 Å². The third kappa shape index (κ3) is 4.57. The lowest BCUT2D eigenvalue weighted by Gasteiger charge is -2.23. The molecule has 2 aliphatic rings. The first-order valence-corrected chi connectivity index (χ1v) is 10.1. The maximum absolute atomic E-state index is 13.7. The smallest absolute Gasteiger partial charge is 0.244 e. The van der Waals surface area contributed by atoms with Crippen LogP contribution in [-0.4, -0.2) is 56.0 Å². The number of hydrogen-bond acceptors (Lipinski definition) is 5. The molecule has 0 aliphatic carbocycles. The fraction of sp³-hybridized carbons (Fsp3) is 0.318. The number of rotatable bonds is 5. The maximum Gasteiger partial charge on any atom is 0.244 e. The highest BCUT2D eigenvalue weighted by atomic mass is 19.2. The van der Waals surface area contributed by atoms with Gasteiger partial charge in [-0.15, -0.1) is 0 Å². The van der Waals surface area contributed by atoms with Crippen molar-refractivity contribution in [3.63, 3.8) is 0 Å². The molecule has 2 heterocycles. The van der Waals surface area contributed by atoms with E-state index >= 15 is 0 Å². The molecule has 2 aliphatic heterocycles. The second kappa shape index (κ2) is 9.00. The summed E-state index contributed by atoms with van der Waals surface area (Å²) in [5.74, 6) is -5.74. The minimum atomic E-state index is -1.71. The number of ether oxygens (including phenoxy) is 2. The molecule has 0 spiro atoms. The number of hydrogen-bond donors (Lipinski definition) is 1. The number of fused-ring (bicyclic) bond motifs is 1. The third-order valence-corrected chi connectivity index (χ3v) is 5.38. The predicted molar refractivity (Wildman–Crippen MR) is 110 cm³/mol. The highest BCUT2D eigenvalue weighted by Crippen LogP contribution is 2.36. The highest BCUT2D eigenvalue weighted by Gasteiger charge is 2.37. The van der Waals surface area contributed by atoms with Gasteiger partial charge in [0.15, 0.2) is 29.0 Å². The molecule has 0 unspecified atom stereocenters. The van der Waals surface area contributed by atoms with Gasteiger partial charge in [-0.2, -0.15) is 0 Å². The Balaban J connectivity index is 1.37. The Morgan fingerprint density at radius 1 is 1.09 bits per heavy atom. The molecule has 2 aromatic rings. The number of likely N-dealkylation sites (N-methyl/N-ethyl adjacent to an activating group) is 1. The summed E-state index contributed by atoms with van der Waals surface area (Å²) < 4.78 is 51.1. The number of carbonyl (C=O) groups is 3. The van der Waals surface area contributed by atoms with Crippen LogP contribution >= 0.6 is 0 Å². The Labute approximate surface area is 186 Å². The number of carbonyl (C=O) groups excluding carboxylic acids is 3. The van der Waals surface area contributed by atoms with E-state index in [4.69, 9.17) is 9.47 Å². The minimum absolute atomic E-state index is 0.0446. The van der Waals surface area contributed by atoms with Crippen LogP contribution in [0.5, 0.6) is 11.5 Å². The van der Waals surface area contributed by atoms with Gasteiger partial charge < -0.3 is 24.6 Å². The first-order chi connectivity index (χ1) is 15.7. The van der Waals surface area contributed by atoms with Crippen molar-refractivity contribution in [3.05, 3.63) is 47.8 Å². The Morgan fingerprint density at radius 2 is 1.82 bits per heavy atom. The van der Waals surface area contributed by atoms with Crippen LogP contribution in [0.2, 0.25) is 0 Å². The maximum atomic E-state index is 13.7. The topological polar surface area (TPSA) is 88.2 Å². The van der Waals surface area contributed by atoms with E-state index in [0.29, 0.717) is 36.5 Å². The van der Waals surface area contributed by atoms with Gasteiger partial charge in [-0.05, 0) is 24.3 Å². The van der Waals surface area contributed by atoms with E-state index in [2.05, 4.69) is 5.32 Å². The van der Waals surface area contributed by atoms with Crippen molar-refractivity contribution in [1.29, 1.82) is 0 Å². The van der Waals surface area contributed by atoms with E-state index in [-0.39, 0.29) is 18.9 Å². The lowest BCUT2D eigenvalue weighted by molar-refractivity contribution is -0.137. The van der Waals surface area contributed by atoms with E-state index in [1.54, 1.807) is 18.2 Å². The van der Waals surface area contributed by atoms with Crippen molar-refractivity contribution >= 4 is 29.1 Å². The summed E-state index contributed by atoms with van der Waals surface area (Å²) in [6.07, 6.45) is -0.0446. The van der Waals surface area contributed by atoms with Crippen LogP contribution in [0, 0.1) is 23.4 Å². The predicted octanol–water partition coefficient (Wildman–Crippen LogP) is 2.33. The zero-order valence-corrected chi connectivity index (χ0v) is 17.6. The quantitative estimate of drug-likeness (QED) is 0.688. The summed E-state index contributed by atoms with van der Waals surface area (Å²) in [5.41, 5.74) is 0.0225. The van der Waals surface area contributed by atoms with E-state index in [0.717, 1.165) is 11.0 Å². The summed E-state index contributed by atoms with van der Waals surface area (Å²) in [6.45, 7) is 0.480. The fourth-order valence-electron chi connectivity index (χ4n) is 3.74. The van der Waals surface area contributed by atoms with Crippen LogP contribution in [0.4, 0.5) is 24.5 Å². The summed E-state index contributed by atoms with van der Waals surface area (Å²) in [5, 5.41) is 2.11. The van der Waals surface area contributed by atoms with E-state index in [1.807, 2.05) is 0 Å². The molecule has 0 aromatic heterocycles. The van der Waals surface area contributed by atoms with Crippen LogP contribution in [0.3, 0.4) is 0 Å². The molecule has 0 radical (unpaired) electrons. The van der Waals surface area contributed by atoms with Gasteiger partial charge in [-0.3, -0.25) is 14.4 Å². The average molecular weight is 463 g/mol. The van der Waals surface area contributed by atoms with Crippen LogP contribution in [0.15, 0.2) is 30.3 Å². The van der Waals surface area contributed by atoms with Gasteiger partial charge in [0.1, 0.15) is 13.2 Å². The Hall–Kier alpha value is -3.76. The molecule has 0 bridgehead atoms. The van der Waals surface area contributed by atoms with Gasteiger partial charge in [-0.1, -0.05) is 0 Å². The summed E-state index contributed by atoms with van der Waals surface area (Å²) in [7, 11) is 1.36. The van der Waals surface area contributed by atoms with Crippen LogP contribution in [0.1, 0.15) is 6.42 Å². The largest absolute Gasteiger partial charge is 0.486 e. The monoisotopic (exact) mass is 463 g/mol. The second-order valence-corrected chi connectivity index (χ2v) is 7.70. The van der Waals surface area contributed by atoms with Gasteiger partial charge in [0.2, 0.25) is 17.7 Å². The minimum Gasteiger partial charge on any atom is -0.486 e. The third-order valence-electron chi connectivity index (χ3n) is 5.38. The number of amides is 3. The van der Waals surface area contributed by atoms with Gasteiger partial charge >= 0.3 is 0 Å². The summed E-state index contributed by atoms with van der Waals surface area (Å²) in [6, 6.07) is 6.63. The van der Waals surface area contributed by atoms with E-state index < -0.39 is 47.4 Å². The number of halogens is 3. The summed E-state index contributed by atoms with van der Waals surface area (Å²) in [4.78, 5) is 40.1. The first kappa shape index (κ1) is 22.4. The van der Waals surface area contributed by atoms with Crippen molar-refractivity contribution in [2.75, 3.05) is 43.6 Å².